The van der Waals surface area contributed by atoms with Crippen molar-refractivity contribution in [3.63, 3.8) is 0 Å². The van der Waals surface area contributed by atoms with Crippen molar-refractivity contribution in [3.05, 3.63) is 90.5 Å². The minimum Gasteiger partial charge on any atom is -0.383 e. The van der Waals surface area contributed by atoms with Gasteiger partial charge in [0.15, 0.2) is 0 Å². The average molecular weight is 507 g/mol. The first-order valence-corrected chi connectivity index (χ1v) is 13.5. The normalized spacial score (nSPS) is 20.4. The number of nitrogens with zero attached hydrogens (tertiary/aromatic N) is 2. The highest BCUT2D eigenvalue weighted by Crippen LogP contribution is 2.36. The fourth-order valence-corrected chi connectivity index (χ4v) is 5.84. The van der Waals surface area contributed by atoms with E-state index >= 15 is 0 Å². The molecule has 38 heavy (non-hydrogen) atoms. The summed E-state index contributed by atoms with van der Waals surface area (Å²) in [4.78, 5) is 28.6. The highest BCUT2D eigenvalue weighted by atomic mass is 16.2. The van der Waals surface area contributed by atoms with Crippen molar-refractivity contribution in [3.8, 4) is 6.07 Å². The van der Waals surface area contributed by atoms with Crippen LogP contribution in [0, 0.1) is 23.2 Å². The molecule has 6 heteroatoms. The Hall–Kier alpha value is -4.11. The maximum absolute atomic E-state index is 13.6. The predicted molar refractivity (Wildman–Crippen MR) is 150 cm³/mol. The molecule has 0 spiro atoms. The lowest BCUT2D eigenvalue weighted by Gasteiger charge is -2.40. The van der Waals surface area contributed by atoms with Crippen LogP contribution in [0.25, 0.3) is 10.8 Å². The van der Waals surface area contributed by atoms with E-state index in [-0.39, 0.29) is 23.7 Å². The third-order valence-electron chi connectivity index (χ3n) is 8.08. The topological polar surface area (TPSA) is 85.2 Å². The van der Waals surface area contributed by atoms with Crippen molar-refractivity contribution < 1.29 is 9.59 Å². The fraction of sp³-hybridized carbons (Fsp3) is 0.344. The fourth-order valence-electron chi connectivity index (χ4n) is 5.84. The smallest absolute Gasteiger partial charge is 0.226 e. The third kappa shape index (κ3) is 5.28. The molecule has 2 atom stereocenters. The van der Waals surface area contributed by atoms with Crippen LogP contribution in [-0.2, 0) is 15.0 Å². The molecule has 1 aliphatic carbocycles. The first-order valence-electron chi connectivity index (χ1n) is 13.5. The number of fused-ring (bicyclic) bond motifs is 1. The predicted octanol–water partition coefficient (Wildman–Crippen LogP) is 5.03. The van der Waals surface area contributed by atoms with Crippen molar-refractivity contribution in [2.45, 2.75) is 31.1 Å². The number of nitrogens with one attached hydrogen (secondary N) is 2. The van der Waals surface area contributed by atoms with Gasteiger partial charge in [-0.1, -0.05) is 78.9 Å². The summed E-state index contributed by atoms with van der Waals surface area (Å²) in [7, 11) is 0. The lowest BCUT2D eigenvalue weighted by Crippen LogP contribution is -2.50. The first kappa shape index (κ1) is 25.5. The molecule has 2 N–H and O–H groups in total. The number of piperidine rings is 1. The van der Waals surface area contributed by atoms with Gasteiger partial charge in [0, 0.05) is 37.3 Å². The summed E-state index contributed by atoms with van der Waals surface area (Å²) >= 11 is 0. The van der Waals surface area contributed by atoms with E-state index in [1.807, 2.05) is 71.6 Å². The number of rotatable bonds is 7. The van der Waals surface area contributed by atoms with Gasteiger partial charge in [-0.3, -0.25) is 9.59 Å². The van der Waals surface area contributed by atoms with Crippen LogP contribution in [0.3, 0.4) is 0 Å². The van der Waals surface area contributed by atoms with E-state index in [9.17, 15) is 14.9 Å². The van der Waals surface area contributed by atoms with Gasteiger partial charge in [0.2, 0.25) is 11.8 Å². The number of carbonyl (C=O) groups is 2. The SMILES string of the molecule is N#CC1(c2ccccc2)CCN(C(=O)C2CC=CCC2C(=O)NCCNc2cccc3ccccc23)CC1. The number of hydrogen-bond donors (Lipinski definition) is 2. The largest absolute Gasteiger partial charge is 0.383 e. The molecule has 3 aromatic rings. The second-order valence-corrected chi connectivity index (χ2v) is 10.3. The Bertz CT molecular complexity index is 1350. The van der Waals surface area contributed by atoms with Crippen molar-refractivity contribution in [1.29, 1.82) is 5.26 Å². The molecule has 194 valence electrons. The molecule has 0 saturated carbocycles. The summed E-state index contributed by atoms with van der Waals surface area (Å²) in [5, 5.41) is 18.8. The van der Waals surface area contributed by atoms with Gasteiger partial charge in [-0.2, -0.15) is 5.26 Å². The molecule has 6 nitrogen and oxygen atoms in total. The highest BCUT2D eigenvalue weighted by molar-refractivity contribution is 5.93. The molecule has 2 aliphatic rings. The van der Waals surface area contributed by atoms with E-state index < -0.39 is 5.41 Å². The molecule has 1 aliphatic heterocycles. The molecular weight excluding hydrogens is 472 g/mol. The molecule has 5 rings (SSSR count). The highest BCUT2D eigenvalue weighted by Gasteiger charge is 2.41. The molecule has 0 bridgehead atoms. The lowest BCUT2D eigenvalue weighted by atomic mass is 9.73. The Labute approximate surface area is 224 Å². The number of carbonyl (C=O) groups excluding carboxylic acids is 2. The quantitative estimate of drug-likeness (QED) is 0.348. The van der Waals surface area contributed by atoms with Crippen molar-refractivity contribution in [2.75, 3.05) is 31.5 Å². The Morgan fingerprint density at radius 3 is 2.32 bits per heavy atom. The van der Waals surface area contributed by atoms with Gasteiger partial charge in [-0.05, 0) is 42.7 Å². The minimum absolute atomic E-state index is 0.0305. The summed E-state index contributed by atoms with van der Waals surface area (Å²) < 4.78 is 0. The van der Waals surface area contributed by atoms with Crippen LogP contribution >= 0.6 is 0 Å². The molecule has 2 unspecified atom stereocenters. The summed E-state index contributed by atoms with van der Waals surface area (Å²) in [6.45, 7) is 2.15. The molecular formula is C32H34N4O2. The zero-order chi connectivity index (χ0) is 26.4. The maximum Gasteiger partial charge on any atom is 0.226 e. The van der Waals surface area contributed by atoms with E-state index in [1.165, 1.54) is 5.39 Å². The van der Waals surface area contributed by atoms with Crippen LogP contribution in [-0.4, -0.2) is 42.9 Å². The molecule has 2 amide bonds. The van der Waals surface area contributed by atoms with Crippen LogP contribution in [0.1, 0.15) is 31.2 Å². The maximum atomic E-state index is 13.6. The monoisotopic (exact) mass is 506 g/mol. The average Bonchev–Trinajstić information content (AvgIpc) is 2.99. The van der Waals surface area contributed by atoms with Crippen LogP contribution in [0.2, 0.25) is 0 Å². The van der Waals surface area contributed by atoms with Crippen LogP contribution in [0.15, 0.2) is 84.9 Å². The molecule has 0 radical (unpaired) electrons. The van der Waals surface area contributed by atoms with Gasteiger partial charge in [-0.25, -0.2) is 0 Å². The van der Waals surface area contributed by atoms with Crippen molar-refractivity contribution >= 4 is 28.3 Å². The number of amides is 2. The van der Waals surface area contributed by atoms with Gasteiger partial charge >= 0.3 is 0 Å². The molecule has 0 aromatic heterocycles. The zero-order valence-corrected chi connectivity index (χ0v) is 21.6. The molecule has 3 aromatic carbocycles. The second-order valence-electron chi connectivity index (χ2n) is 10.3. The van der Waals surface area contributed by atoms with Crippen LogP contribution in [0.4, 0.5) is 5.69 Å². The number of anilines is 1. The summed E-state index contributed by atoms with van der Waals surface area (Å²) in [5.41, 5.74) is 1.50. The molecule has 1 saturated heterocycles. The van der Waals surface area contributed by atoms with E-state index in [2.05, 4.69) is 34.9 Å². The summed E-state index contributed by atoms with van der Waals surface area (Å²) in [5.74, 6) is -0.776. The van der Waals surface area contributed by atoms with Crippen molar-refractivity contribution in [2.24, 2.45) is 11.8 Å². The van der Waals surface area contributed by atoms with Gasteiger partial charge in [0.05, 0.1) is 23.3 Å². The number of nitriles is 1. The second kappa shape index (κ2) is 11.5. The number of allylic oxidation sites excluding steroid dienone is 2. The molecule has 1 heterocycles. The molecule has 1 fully saturated rings. The standard InChI is InChI=1S/C32H34N4O2/c33-23-32(25-11-2-1-3-12-25)17-21-36(22-18-32)31(38)28-15-7-6-14-27(28)30(37)35-20-19-34-29-16-8-10-24-9-4-5-13-26(24)29/h1-13,16,27-28,34H,14-15,17-22H2,(H,35,37). The van der Waals surface area contributed by atoms with E-state index in [4.69, 9.17) is 0 Å². The van der Waals surface area contributed by atoms with Gasteiger partial charge < -0.3 is 15.5 Å². The summed E-state index contributed by atoms with van der Waals surface area (Å²) in [6.07, 6.45) is 6.39. The van der Waals surface area contributed by atoms with Gasteiger partial charge in [-0.15, -0.1) is 0 Å². The van der Waals surface area contributed by atoms with Gasteiger partial charge in [0.1, 0.15) is 0 Å². The Balaban J connectivity index is 1.16. The van der Waals surface area contributed by atoms with E-state index in [1.54, 1.807) is 0 Å². The number of benzene rings is 3. The van der Waals surface area contributed by atoms with Crippen molar-refractivity contribution in [1.82, 2.24) is 10.2 Å². The Morgan fingerprint density at radius 1 is 0.868 bits per heavy atom. The number of hydrogen-bond acceptors (Lipinski definition) is 4. The minimum atomic E-state index is -0.557. The first-order chi connectivity index (χ1) is 18.6. The van der Waals surface area contributed by atoms with Crippen LogP contribution in [0.5, 0.6) is 0 Å². The zero-order valence-electron chi connectivity index (χ0n) is 21.6. The third-order valence-corrected chi connectivity index (χ3v) is 8.08. The van der Waals surface area contributed by atoms with E-state index in [0.29, 0.717) is 51.9 Å². The Morgan fingerprint density at radius 2 is 1.55 bits per heavy atom. The van der Waals surface area contributed by atoms with Crippen LogP contribution < -0.4 is 10.6 Å². The lowest BCUT2D eigenvalue weighted by molar-refractivity contribution is -0.143. The Kier molecular flexibility index (Phi) is 7.74. The van der Waals surface area contributed by atoms with Gasteiger partial charge in [0.25, 0.3) is 0 Å². The van der Waals surface area contributed by atoms with E-state index in [0.717, 1.165) is 16.6 Å². The number of likely N-dealkylation sites (tertiary alicyclic amines) is 1. The summed E-state index contributed by atoms with van der Waals surface area (Å²) in [6, 6.07) is 26.8.